The van der Waals surface area contributed by atoms with Gasteiger partial charge in [0.25, 0.3) is 5.91 Å². The average molecular weight is 414 g/mol. The van der Waals surface area contributed by atoms with Crippen LogP contribution in [0, 0.1) is 0 Å². The Hall–Kier alpha value is -2.57. The fourth-order valence-corrected chi connectivity index (χ4v) is 3.85. The highest BCUT2D eigenvalue weighted by Crippen LogP contribution is 2.28. The lowest BCUT2D eigenvalue weighted by Gasteiger charge is -2.15. The topological polar surface area (TPSA) is 59.8 Å². The van der Waals surface area contributed by atoms with E-state index in [4.69, 9.17) is 9.47 Å². The molecule has 1 aliphatic heterocycles. The van der Waals surface area contributed by atoms with E-state index in [1.165, 1.54) is 35.5 Å². The smallest absolute Gasteiger partial charge is 0.259 e. The quantitative estimate of drug-likeness (QED) is 0.596. The Morgan fingerprint density at radius 2 is 1.90 bits per heavy atom. The predicted molar refractivity (Wildman–Crippen MR) is 117 cm³/mol. The molecule has 3 rings (SSSR count). The molecule has 0 radical (unpaired) electrons. The van der Waals surface area contributed by atoms with Crippen molar-refractivity contribution in [1.29, 1.82) is 0 Å². The van der Waals surface area contributed by atoms with Crippen molar-refractivity contribution in [2.45, 2.75) is 32.5 Å². The first-order valence-electron chi connectivity index (χ1n) is 10.8. The van der Waals surface area contributed by atoms with Crippen LogP contribution >= 0.6 is 0 Å². The minimum atomic E-state index is -0.0707. The fraction of sp³-hybridized carbons (Fsp3) is 0.458. The second-order valence-corrected chi connectivity index (χ2v) is 8.15. The van der Waals surface area contributed by atoms with Crippen LogP contribution in [0.2, 0.25) is 0 Å². The summed E-state index contributed by atoms with van der Waals surface area (Å²) in [5, 5.41) is 2.44. The highest BCUT2D eigenvalue weighted by molar-refractivity contribution is 5.77. The van der Waals surface area contributed by atoms with E-state index in [-0.39, 0.29) is 12.5 Å². The van der Waals surface area contributed by atoms with Crippen LogP contribution in [-0.2, 0) is 17.9 Å². The number of ether oxygens (including phenoxy) is 2. The number of hydrogen-bond donors (Lipinski definition) is 2. The molecule has 0 aliphatic carbocycles. The molecule has 0 aromatic heterocycles. The molecule has 2 atom stereocenters. The highest BCUT2D eigenvalue weighted by Gasteiger charge is 2.28. The Balaban J connectivity index is 1.51. The largest absolute Gasteiger partial charge is 0.490 e. The molecule has 0 saturated carbocycles. The van der Waals surface area contributed by atoms with Gasteiger partial charge in [-0.25, -0.2) is 0 Å². The molecule has 162 valence electrons. The zero-order chi connectivity index (χ0) is 21.3. The summed E-state index contributed by atoms with van der Waals surface area (Å²) in [6.07, 6.45) is 1.24. The Kier molecular flexibility index (Phi) is 8.11. The van der Waals surface area contributed by atoms with Crippen molar-refractivity contribution in [2.24, 2.45) is 0 Å². The van der Waals surface area contributed by atoms with Crippen LogP contribution in [0.3, 0.4) is 0 Å². The third-order valence-electron chi connectivity index (χ3n) is 5.56. The normalized spacial score (nSPS) is 18.2. The maximum absolute atomic E-state index is 11.8. The van der Waals surface area contributed by atoms with Crippen LogP contribution in [0.25, 0.3) is 0 Å². The number of rotatable bonds is 10. The van der Waals surface area contributed by atoms with E-state index in [0.717, 1.165) is 13.1 Å². The molecule has 1 fully saturated rings. The molecule has 0 bridgehead atoms. The summed E-state index contributed by atoms with van der Waals surface area (Å²) in [5.41, 5.74) is 2.62. The third-order valence-corrected chi connectivity index (χ3v) is 5.56. The van der Waals surface area contributed by atoms with E-state index in [2.05, 4.69) is 41.7 Å². The number of likely N-dealkylation sites (N-methyl/N-ethyl adjacent to an activating group) is 1. The van der Waals surface area contributed by atoms with Gasteiger partial charge in [-0.05, 0) is 25.1 Å². The Labute approximate surface area is 179 Å². The summed E-state index contributed by atoms with van der Waals surface area (Å²) in [5.74, 6) is 1.26. The number of nitrogens with zero attached hydrogens (tertiary/aromatic N) is 1. The molecular weight excluding hydrogens is 378 g/mol. The maximum atomic E-state index is 11.8. The first kappa shape index (κ1) is 22.1. The van der Waals surface area contributed by atoms with Gasteiger partial charge in [0.15, 0.2) is 18.1 Å². The molecule has 30 heavy (non-hydrogen) atoms. The number of benzene rings is 2. The third kappa shape index (κ3) is 6.47. The highest BCUT2D eigenvalue weighted by atomic mass is 16.5. The summed E-state index contributed by atoms with van der Waals surface area (Å²) in [6.45, 7) is 6.98. The van der Waals surface area contributed by atoms with Gasteiger partial charge in [0.1, 0.15) is 25.7 Å². The number of likely N-dealkylation sites (tertiary alicyclic amines) is 1. The summed E-state index contributed by atoms with van der Waals surface area (Å²) >= 11 is 0. The zero-order valence-corrected chi connectivity index (χ0v) is 18.4. The Morgan fingerprint density at radius 3 is 2.63 bits per heavy atom. The molecule has 1 heterocycles. The lowest BCUT2D eigenvalue weighted by Crippen LogP contribution is -3.10. The van der Waals surface area contributed by atoms with E-state index >= 15 is 0 Å². The second kappa shape index (κ2) is 11.0. The number of nitrogens with one attached hydrogen (secondary N) is 1. The van der Waals surface area contributed by atoms with Gasteiger partial charge in [0.2, 0.25) is 0 Å². The zero-order valence-electron chi connectivity index (χ0n) is 18.4. The molecule has 6 nitrogen and oxygen atoms in total. The summed E-state index contributed by atoms with van der Waals surface area (Å²) in [4.78, 5) is 15.0. The molecule has 2 aromatic carbocycles. The number of quaternary nitrogens is 2. The van der Waals surface area contributed by atoms with Gasteiger partial charge in [-0.2, -0.15) is 0 Å². The van der Waals surface area contributed by atoms with Gasteiger partial charge in [-0.3, -0.25) is 4.79 Å². The van der Waals surface area contributed by atoms with Crippen molar-refractivity contribution in [3.05, 3.63) is 59.7 Å². The van der Waals surface area contributed by atoms with Crippen molar-refractivity contribution < 1.29 is 24.5 Å². The first-order valence-corrected chi connectivity index (χ1v) is 10.8. The number of carbonyl (C=O) groups excluding carboxylic acids is 1. The molecule has 6 heteroatoms. The SMILES string of the molecule is CCOc1cc(C[NH2+][C@H]2CC[NH+](Cc3ccccc3)C2)ccc1OCC(=O)N(C)C. The van der Waals surface area contributed by atoms with Crippen LogP contribution in [0.5, 0.6) is 11.5 Å². The predicted octanol–water partition coefficient (Wildman–Crippen LogP) is 0.473. The summed E-state index contributed by atoms with van der Waals surface area (Å²) < 4.78 is 11.4. The van der Waals surface area contributed by atoms with Crippen molar-refractivity contribution in [1.82, 2.24) is 4.90 Å². The lowest BCUT2D eigenvalue weighted by molar-refractivity contribution is -0.911. The van der Waals surface area contributed by atoms with Gasteiger partial charge in [0, 0.05) is 25.2 Å². The van der Waals surface area contributed by atoms with Gasteiger partial charge < -0.3 is 24.6 Å². The van der Waals surface area contributed by atoms with Crippen LogP contribution in [0.1, 0.15) is 24.5 Å². The lowest BCUT2D eigenvalue weighted by atomic mass is 10.1. The molecule has 2 aromatic rings. The van der Waals surface area contributed by atoms with Gasteiger partial charge in [0.05, 0.1) is 19.6 Å². The van der Waals surface area contributed by atoms with E-state index < -0.39 is 0 Å². The van der Waals surface area contributed by atoms with Gasteiger partial charge in [-0.15, -0.1) is 0 Å². The fourth-order valence-electron chi connectivity index (χ4n) is 3.85. The Morgan fingerprint density at radius 1 is 1.10 bits per heavy atom. The molecular formula is C24H35N3O3+2. The van der Waals surface area contributed by atoms with Crippen LogP contribution in [0.4, 0.5) is 0 Å². The van der Waals surface area contributed by atoms with Crippen LogP contribution < -0.4 is 19.7 Å². The molecule has 1 amide bonds. The van der Waals surface area contributed by atoms with E-state index in [1.807, 2.05) is 19.1 Å². The average Bonchev–Trinajstić information content (AvgIpc) is 3.19. The minimum absolute atomic E-state index is 0.0145. The minimum Gasteiger partial charge on any atom is -0.490 e. The number of carbonyl (C=O) groups is 1. The second-order valence-electron chi connectivity index (χ2n) is 8.15. The van der Waals surface area contributed by atoms with Crippen molar-refractivity contribution in [3.8, 4) is 11.5 Å². The van der Waals surface area contributed by atoms with Crippen LogP contribution in [-0.4, -0.2) is 57.2 Å². The number of hydrogen-bond acceptors (Lipinski definition) is 3. The van der Waals surface area contributed by atoms with Crippen molar-refractivity contribution in [3.63, 3.8) is 0 Å². The molecule has 1 aliphatic rings. The number of amides is 1. The number of nitrogens with two attached hydrogens (primary N) is 1. The molecule has 1 unspecified atom stereocenters. The first-order chi connectivity index (χ1) is 14.5. The molecule has 1 saturated heterocycles. The summed E-state index contributed by atoms with van der Waals surface area (Å²) in [6, 6.07) is 17.4. The summed E-state index contributed by atoms with van der Waals surface area (Å²) in [7, 11) is 3.44. The van der Waals surface area contributed by atoms with E-state index in [1.54, 1.807) is 19.0 Å². The van der Waals surface area contributed by atoms with Gasteiger partial charge >= 0.3 is 0 Å². The standard InChI is InChI=1S/C24H33N3O3/c1-4-29-23-14-20(10-11-22(23)30-18-24(28)26(2)3)15-25-21-12-13-27(17-21)16-19-8-6-5-7-9-19/h5-11,14,21,25H,4,12-13,15-18H2,1-3H3/p+2/t21-/m0/s1. The van der Waals surface area contributed by atoms with Gasteiger partial charge in [-0.1, -0.05) is 30.3 Å². The monoisotopic (exact) mass is 413 g/mol. The van der Waals surface area contributed by atoms with Crippen molar-refractivity contribution in [2.75, 3.05) is 40.4 Å². The maximum Gasteiger partial charge on any atom is 0.259 e. The van der Waals surface area contributed by atoms with Crippen LogP contribution in [0.15, 0.2) is 48.5 Å². The molecule has 0 spiro atoms. The molecule has 3 N–H and O–H groups in total. The van der Waals surface area contributed by atoms with E-state index in [9.17, 15) is 4.79 Å². The van der Waals surface area contributed by atoms with Crippen molar-refractivity contribution >= 4 is 5.91 Å². The Bertz CT molecular complexity index is 811. The van der Waals surface area contributed by atoms with E-state index in [0.29, 0.717) is 24.1 Å².